The second-order valence-corrected chi connectivity index (χ2v) is 21.5. The van der Waals surface area contributed by atoms with Gasteiger partial charge in [0.15, 0.2) is 24.7 Å². The van der Waals surface area contributed by atoms with Crippen LogP contribution in [0.4, 0.5) is 0 Å². The smallest absolute Gasteiger partial charge is 0.187 e. The number of fused-ring (bicyclic) bond motifs is 7. The van der Waals surface area contributed by atoms with Gasteiger partial charge in [-0.25, -0.2) is 0 Å². The van der Waals surface area contributed by atoms with Crippen LogP contribution in [-0.2, 0) is 37.9 Å². The van der Waals surface area contributed by atoms with E-state index in [1.807, 2.05) is 0 Å². The highest BCUT2D eigenvalue weighted by molar-refractivity contribution is 5.15. The molecule has 362 valence electrons. The van der Waals surface area contributed by atoms with Gasteiger partial charge in [-0.3, -0.25) is 0 Å². The van der Waals surface area contributed by atoms with E-state index in [4.69, 9.17) is 37.9 Å². The maximum absolute atomic E-state index is 11.5. The number of hydrogen-bond donors (Lipinski definition) is 10. The molecule has 18 heteroatoms. The number of ether oxygens (including phenoxy) is 8. The van der Waals surface area contributed by atoms with E-state index < -0.39 is 118 Å². The van der Waals surface area contributed by atoms with Gasteiger partial charge in [-0.2, -0.15) is 0 Å². The zero-order valence-corrected chi connectivity index (χ0v) is 37.0. The fraction of sp³-hybridized carbons (Fsp3) is 1.00. The van der Waals surface area contributed by atoms with Gasteiger partial charge in [0.2, 0.25) is 0 Å². The Labute approximate surface area is 369 Å². The van der Waals surface area contributed by atoms with E-state index >= 15 is 0 Å². The molecule has 0 amide bonds. The molecule has 4 aliphatic carbocycles. The highest BCUT2D eigenvalue weighted by Gasteiger charge is 2.69. The zero-order valence-electron chi connectivity index (χ0n) is 37.0. The maximum Gasteiger partial charge on any atom is 0.187 e. The Morgan fingerprint density at radius 3 is 1.84 bits per heavy atom. The Kier molecular flexibility index (Phi) is 13.5. The lowest BCUT2D eigenvalue weighted by Gasteiger charge is -2.61. The van der Waals surface area contributed by atoms with Gasteiger partial charge in [-0.1, -0.05) is 27.7 Å². The minimum absolute atomic E-state index is 0.134. The third-order valence-electron chi connectivity index (χ3n) is 18.3. The quantitative estimate of drug-likeness (QED) is 0.128. The van der Waals surface area contributed by atoms with Crippen molar-refractivity contribution >= 4 is 0 Å². The van der Waals surface area contributed by atoms with Crippen molar-refractivity contribution in [1.29, 1.82) is 0 Å². The molecule has 5 saturated heterocycles. The second-order valence-electron chi connectivity index (χ2n) is 21.5. The SMILES string of the molecule is C[C@@H]1CC[C@@]2(OC1)O[C@H]1C[C@H]3[C@@H]4CC[C@H]5C[C@@H](O[C@@H]6O[C@H](CO)[C@H](O[C@@H]7O[C@H](CO)[C@@H](O)[C@H](O)[C@H]7O[C@@H]7O[C@H](CO)[C@@H](O)[C@H](O)[C@H]7O)[C@H](O)[C@H]6O)CC[C@]5(C)[C@H]4CC[C@]3(C)[C@H]1[C@@H]2C. The van der Waals surface area contributed by atoms with Crippen LogP contribution in [0.15, 0.2) is 0 Å². The minimum atomic E-state index is -1.89. The highest BCUT2D eigenvalue weighted by atomic mass is 16.8. The number of aliphatic hydroxyl groups is 10. The molecule has 0 aromatic carbocycles. The molecule has 4 saturated carbocycles. The van der Waals surface area contributed by atoms with Gasteiger partial charge in [0.1, 0.15) is 73.2 Å². The summed E-state index contributed by atoms with van der Waals surface area (Å²) in [6.07, 6.45) is -14.2. The van der Waals surface area contributed by atoms with E-state index in [1.54, 1.807) is 0 Å². The van der Waals surface area contributed by atoms with Crippen LogP contribution in [-0.4, -0.2) is 188 Å². The standard InChI is InChI=1S/C45H74O18/c1-19-7-12-45(56-18-19)20(2)30-26(63-45)14-25-23-6-5-21-13-22(8-10-43(21,3)24(23)9-11-44(25,30)4)57-40-37(55)35(53)38(29(17-48)60-40)61-42-39(34(52)32(50)28(16-47)59-42)62-41-36(54)33(51)31(49)27(15-46)58-41/h19-42,46-55H,5-18H2,1-4H3/t19-,20+,21+,22+,23-,24+,25+,26+,27-,28-,29-,30+,31-,32-,33+,34+,35-,36-,37-,38+,39-,40-,41+,42+,43+,44+,45-/m1/s1. The molecular weight excluding hydrogens is 828 g/mol. The Bertz CT molecular complexity index is 1570. The first-order chi connectivity index (χ1) is 30.0. The van der Waals surface area contributed by atoms with Gasteiger partial charge in [0.05, 0.1) is 38.6 Å². The summed E-state index contributed by atoms with van der Waals surface area (Å²) in [5.74, 6) is 3.29. The fourth-order valence-corrected chi connectivity index (χ4v) is 14.7. The van der Waals surface area contributed by atoms with Crippen molar-refractivity contribution in [2.24, 2.45) is 52.3 Å². The van der Waals surface area contributed by atoms with Crippen LogP contribution in [0.2, 0.25) is 0 Å². The third kappa shape index (κ3) is 7.88. The van der Waals surface area contributed by atoms with E-state index in [0.717, 1.165) is 58.0 Å². The molecule has 9 fully saturated rings. The summed E-state index contributed by atoms with van der Waals surface area (Å²) in [6.45, 7) is 8.23. The van der Waals surface area contributed by atoms with Gasteiger partial charge >= 0.3 is 0 Å². The van der Waals surface area contributed by atoms with Crippen molar-refractivity contribution in [2.75, 3.05) is 26.4 Å². The lowest BCUT2D eigenvalue weighted by atomic mass is 9.44. The summed E-state index contributed by atoms with van der Waals surface area (Å²) in [5.41, 5.74) is 0.364. The average Bonchev–Trinajstić information content (AvgIpc) is 3.72. The molecule has 0 bridgehead atoms. The molecule has 5 aliphatic heterocycles. The first kappa shape index (κ1) is 47.4. The number of rotatable bonds is 9. The lowest BCUT2D eigenvalue weighted by Crippen LogP contribution is -2.67. The lowest BCUT2D eigenvalue weighted by molar-refractivity contribution is -0.390. The zero-order chi connectivity index (χ0) is 44.9. The molecule has 27 atom stereocenters. The predicted octanol–water partition coefficient (Wildman–Crippen LogP) is -0.734. The molecule has 1 spiro atoms. The van der Waals surface area contributed by atoms with Gasteiger partial charge in [-0.15, -0.1) is 0 Å². The van der Waals surface area contributed by atoms with Gasteiger partial charge in [0, 0.05) is 12.3 Å². The van der Waals surface area contributed by atoms with Crippen molar-refractivity contribution in [2.45, 2.75) is 202 Å². The van der Waals surface area contributed by atoms with E-state index in [-0.39, 0.29) is 23.0 Å². The van der Waals surface area contributed by atoms with Crippen LogP contribution in [0, 0.1) is 52.3 Å². The van der Waals surface area contributed by atoms with Crippen molar-refractivity contribution in [1.82, 2.24) is 0 Å². The monoisotopic (exact) mass is 902 g/mol. The van der Waals surface area contributed by atoms with Gasteiger partial charge in [-0.05, 0) is 104 Å². The third-order valence-corrected chi connectivity index (χ3v) is 18.3. The van der Waals surface area contributed by atoms with E-state index in [9.17, 15) is 51.1 Å². The average molecular weight is 903 g/mol. The van der Waals surface area contributed by atoms with Gasteiger partial charge < -0.3 is 89.0 Å². The fourth-order valence-electron chi connectivity index (χ4n) is 14.7. The molecule has 0 aromatic heterocycles. The van der Waals surface area contributed by atoms with Gasteiger partial charge in [0.25, 0.3) is 0 Å². The molecule has 10 N–H and O–H groups in total. The summed E-state index contributed by atoms with van der Waals surface area (Å²) in [7, 11) is 0. The number of aliphatic hydroxyl groups excluding tert-OH is 10. The Hall–Kier alpha value is -0.720. The van der Waals surface area contributed by atoms with Crippen molar-refractivity contribution < 1.29 is 89.0 Å². The highest BCUT2D eigenvalue weighted by Crippen LogP contribution is 2.71. The Balaban J connectivity index is 0.833. The van der Waals surface area contributed by atoms with Crippen LogP contribution < -0.4 is 0 Å². The molecule has 63 heavy (non-hydrogen) atoms. The Morgan fingerprint density at radius 2 is 1.16 bits per heavy atom. The van der Waals surface area contributed by atoms with Crippen LogP contribution >= 0.6 is 0 Å². The number of hydrogen-bond acceptors (Lipinski definition) is 18. The molecule has 9 aliphatic rings. The van der Waals surface area contributed by atoms with Crippen molar-refractivity contribution in [3.05, 3.63) is 0 Å². The molecule has 18 nitrogen and oxygen atoms in total. The van der Waals surface area contributed by atoms with E-state index in [1.165, 1.54) is 12.8 Å². The molecule has 5 heterocycles. The summed E-state index contributed by atoms with van der Waals surface area (Å²) in [6, 6.07) is 0. The van der Waals surface area contributed by atoms with Crippen molar-refractivity contribution in [3.8, 4) is 0 Å². The summed E-state index contributed by atoms with van der Waals surface area (Å²) in [4.78, 5) is 0. The normalized spacial score (nSPS) is 58.2. The molecule has 0 aromatic rings. The van der Waals surface area contributed by atoms with E-state index in [0.29, 0.717) is 41.4 Å². The van der Waals surface area contributed by atoms with Crippen LogP contribution in [0.25, 0.3) is 0 Å². The van der Waals surface area contributed by atoms with E-state index in [2.05, 4.69) is 27.7 Å². The Morgan fingerprint density at radius 1 is 0.556 bits per heavy atom. The van der Waals surface area contributed by atoms with Crippen LogP contribution in [0.3, 0.4) is 0 Å². The summed E-state index contributed by atoms with van der Waals surface area (Å²) < 4.78 is 49.0. The largest absolute Gasteiger partial charge is 0.394 e. The van der Waals surface area contributed by atoms with Crippen molar-refractivity contribution in [3.63, 3.8) is 0 Å². The summed E-state index contributed by atoms with van der Waals surface area (Å²) >= 11 is 0. The van der Waals surface area contributed by atoms with Crippen LogP contribution in [0.1, 0.15) is 91.9 Å². The second kappa shape index (κ2) is 18.0. The molecule has 0 unspecified atom stereocenters. The minimum Gasteiger partial charge on any atom is -0.394 e. The molecular formula is C45H74O18. The molecule has 9 rings (SSSR count). The first-order valence-corrected chi connectivity index (χ1v) is 23.8. The first-order valence-electron chi connectivity index (χ1n) is 23.8. The summed E-state index contributed by atoms with van der Waals surface area (Å²) in [5, 5.41) is 106. The molecule has 0 radical (unpaired) electrons. The van der Waals surface area contributed by atoms with Crippen LogP contribution in [0.5, 0.6) is 0 Å². The topological polar surface area (TPSA) is 276 Å². The maximum atomic E-state index is 11.5. The predicted molar refractivity (Wildman–Crippen MR) is 216 cm³/mol.